The lowest BCUT2D eigenvalue weighted by atomic mass is 9.77. The fraction of sp³-hybridized carbons (Fsp3) is 0.700. The predicted molar refractivity (Wildman–Crippen MR) is 94.2 cm³/mol. The molecule has 4 rings (SSSR count). The first-order valence-corrected chi connectivity index (χ1v) is 9.72. The van der Waals surface area contributed by atoms with E-state index in [1.54, 1.807) is 12.3 Å². The van der Waals surface area contributed by atoms with E-state index in [4.69, 9.17) is 4.42 Å². The monoisotopic (exact) mass is 344 g/mol. The molecule has 2 amide bonds. The van der Waals surface area contributed by atoms with Crippen molar-refractivity contribution in [1.29, 1.82) is 0 Å². The summed E-state index contributed by atoms with van der Waals surface area (Å²) in [6, 6.07) is 1.74. The maximum atomic E-state index is 13.0. The van der Waals surface area contributed by atoms with Crippen LogP contribution >= 0.6 is 0 Å². The summed E-state index contributed by atoms with van der Waals surface area (Å²) < 4.78 is 5.26. The van der Waals surface area contributed by atoms with E-state index in [-0.39, 0.29) is 11.3 Å². The second-order valence-electron chi connectivity index (χ2n) is 8.11. The summed E-state index contributed by atoms with van der Waals surface area (Å²) >= 11 is 0. The fourth-order valence-electron chi connectivity index (χ4n) is 4.95. The van der Waals surface area contributed by atoms with E-state index in [9.17, 15) is 9.59 Å². The van der Waals surface area contributed by atoms with Gasteiger partial charge in [-0.3, -0.25) is 9.59 Å². The molecule has 136 valence electrons. The third-order valence-corrected chi connectivity index (χ3v) is 6.65. The molecule has 0 bridgehead atoms. The lowest BCUT2D eigenvalue weighted by Gasteiger charge is -2.38. The minimum Gasteiger partial charge on any atom is -0.469 e. The van der Waals surface area contributed by atoms with Gasteiger partial charge >= 0.3 is 0 Å². The van der Waals surface area contributed by atoms with E-state index in [0.717, 1.165) is 32.4 Å². The number of aryl methyl sites for hydroxylation is 1. The molecule has 3 heterocycles. The van der Waals surface area contributed by atoms with Crippen molar-refractivity contribution in [3.05, 3.63) is 23.7 Å². The molecule has 0 N–H and O–H groups in total. The third kappa shape index (κ3) is 2.98. The van der Waals surface area contributed by atoms with Gasteiger partial charge in [0.05, 0.1) is 17.2 Å². The van der Waals surface area contributed by atoms with Gasteiger partial charge in [0.25, 0.3) is 5.91 Å². The van der Waals surface area contributed by atoms with Crippen LogP contribution < -0.4 is 0 Å². The van der Waals surface area contributed by atoms with Crippen molar-refractivity contribution < 1.29 is 14.0 Å². The van der Waals surface area contributed by atoms with Gasteiger partial charge in [-0.1, -0.05) is 12.8 Å². The van der Waals surface area contributed by atoms with E-state index in [0.29, 0.717) is 36.2 Å². The van der Waals surface area contributed by atoms with Crippen LogP contribution in [0.25, 0.3) is 0 Å². The van der Waals surface area contributed by atoms with Gasteiger partial charge in [0, 0.05) is 26.2 Å². The highest BCUT2D eigenvalue weighted by Crippen LogP contribution is 2.42. The number of carbonyl (C=O) groups excluding carboxylic acids is 2. The molecule has 1 spiro atoms. The Morgan fingerprint density at radius 2 is 1.88 bits per heavy atom. The van der Waals surface area contributed by atoms with Crippen molar-refractivity contribution in [2.75, 3.05) is 26.2 Å². The smallest absolute Gasteiger partial charge is 0.257 e. The Morgan fingerprint density at radius 3 is 2.52 bits per heavy atom. The van der Waals surface area contributed by atoms with Gasteiger partial charge in [-0.2, -0.15) is 0 Å². The molecule has 0 unspecified atom stereocenters. The summed E-state index contributed by atoms with van der Waals surface area (Å²) in [4.78, 5) is 29.7. The molecule has 2 saturated heterocycles. The van der Waals surface area contributed by atoms with Crippen molar-refractivity contribution in [3.63, 3.8) is 0 Å². The molecule has 1 aromatic heterocycles. The Labute approximate surface area is 149 Å². The van der Waals surface area contributed by atoms with Crippen LogP contribution in [0, 0.1) is 18.3 Å². The van der Waals surface area contributed by atoms with Crippen LogP contribution in [-0.2, 0) is 4.79 Å². The summed E-state index contributed by atoms with van der Waals surface area (Å²) in [5, 5.41) is 0. The zero-order valence-corrected chi connectivity index (χ0v) is 15.1. The second-order valence-corrected chi connectivity index (χ2v) is 8.11. The van der Waals surface area contributed by atoms with Gasteiger partial charge in [0.15, 0.2) is 0 Å². The van der Waals surface area contributed by atoms with Crippen LogP contribution in [0.5, 0.6) is 0 Å². The zero-order chi connectivity index (χ0) is 17.4. The lowest BCUT2D eigenvalue weighted by Crippen LogP contribution is -2.47. The van der Waals surface area contributed by atoms with E-state index in [1.165, 1.54) is 25.7 Å². The summed E-state index contributed by atoms with van der Waals surface area (Å²) in [5.74, 6) is 1.77. The molecule has 0 aromatic carbocycles. The Bertz CT molecular complexity index is 652. The number of carbonyl (C=O) groups is 2. The molecular weight excluding hydrogens is 316 g/mol. The molecule has 5 nitrogen and oxygen atoms in total. The molecular formula is C20H28N2O3. The van der Waals surface area contributed by atoms with Gasteiger partial charge in [-0.15, -0.1) is 0 Å². The Balaban J connectivity index is 1.37. The van der Waals surface area contributed by atoms with E-state index in [2.05, 4.69) is 4.90 Å². The van der Waals surface area contributed by atoms with Crippen LogP contribution in [-0.4, -0.2) is 47.8 Å². The van der Waals surface area contributed by atoms with Crippen molar-refractivity contribution in [2.45, 2.75) is 51.9 Å². The molecule has 0 atom stereocenters. The van der Waals surface area contributed by atoms with Crippen LogP contribution in [0.4, 0.5) is 0 Å². The summed E-state index contributed by atoms with van der Waals surface area (Å²) in [5.41, 5.74) is 0.442. The third-order valence-electron chi connectivity index (χ3n) is 6.65. The first-order valence-electron chi connectivity index (χ1n) is 9.72. The van der Waals surface area contributed by atoms with Gasteiger partial charge in [0.1, 0.15) is 5.76 Å². The number of amides is 2. The van der Waals surface area contributed by atoms with Crippen LogP contribution in [0.15, 0.2) is 16.7 Å². The molecule has 1 aliphatic carbocycles. The molecule has 3 fully saturated rings. The quantitative estimate of drug-likeness (QED) is 0.846. The van der Waals surface area contributed by atoms with Crippen molar-refractivity contribution >= 4 is 11.8 Å². The number of hydrogen-bond acceptors (Lipinski definition) is 3. The van der Waals surface area contributed by atoms with Crippen molar-refractivity contribution in [3.8, 4) is 0 Å². The number of hydrogen-bond donors (Lipinski definition) is 0. The van der Waals surface area contributed by atoms with Gasteiger partial charge < -0.3 is 14.2 Å². The maximum Gasteiger partial charge on any atom is 0.257 e. The minimum atomic E-state index is -0.208. The van der Waals surface area contributed by atoms with E-state index < -0.39 is 0 Å². The lowest BCUT2D eigenvalue weighted by molar-refractivity contribution is -0.138. The average Bonchev–Trinajstić information content (AvgIpc) is 3.34. The number of piperidine rings is 1. The number of rotatable bonds is 3. The fourth-order valence-corrected chi connectivity index (χ4v) is 4.95. The van der Waals surface area contributed by atoms with E-state index >= 15 is 0 Å². The Kier molecular flexibility index (Phi) is 4.34. The number of likely N-dealkylation sites (tertiary alicyclic amines) is 2. The average molecular weight is 344 g/mol. The standard InChI is InChI=1S/C20H28N2O3/c1-15-17(6-13-25-15)18(23)21-10-7-20(8-11-21)9-12-22(19(20)24)14-16-4-2-3-5-16/h6,13,16H,2-5,7-12,14H2,1H3. The minimum absolute atomic E-state index is 0.0364. The first-order chi connectivity index (χ1) is 12.1. The maximum absolute atomic E-state index is 13.0. The highest BCUT2D eigenvalue weighted by atomic mass is 16.3. The molecule has 1 saturated carbocycles. The van der Waals surface area contributed by atoms with Crippen molar-refractivity contribution in [2.24, 2.45) is 11.3 Å². The first kappa shape index (κ1) is 16.7. The Morgan fingerprint density at radius 1 is 1.20 bits per heavy atom. The van der Waals surface area contributed by atoms with Crippen LogP contribution in [0.1, 0.15) is 61.1 Å². The molecule has 2 aliphatic heterocycles. The number of nitrogens with zero attached hydrogens (tertiary/aromatic N) is 2. The number of furan rings is 1. The summed E-state index contributed by atoms with van der Waals surface area (Å²) in [6.07, 6.45) is 9.34. The largest absolute Gasteiger partial charge is 0.469 e. The van der Waals surface area contributed by atoms with Crippen LogP contribution in [0.3, 0.4) is 0 Å². The zero-order valence-electron chi connectivity index (χ0n) is 15.1. The highest BCUT2D eigenvalue weighted by molar-refractivity contribution is 5.95. The van der Waals surface area contributed by atoms with Gasteiger partial charge in [-0.25, -0.2) is 0 Å². The van der Waals surface area contributed by atoms with Crippen LogP contribution in [0.2, 0.25) is 0 Å². The molecule has 3 aliphatic rings. The van der Waals surface area contributed by atoms with E-state index in [1.807, 2.05) is 11.8 Å². The SMILES string of the molecule is Cc1occc1C(=O)N1CCC2(CC1)CCN(CC1CCCC1)C2=O. The summed E-state index contributed by atoms with van der Waals surface area (Å²) in [6.45, 7) is 5.03. The Hall–Kier alpha value is -1.78. The normalized spacial score (nSPS) is 23.8. The van der Waals surface area contributed by atoms with Gasteiger partial charge in [0.2, 0.25) is 5.91 Å². The molecule has 0 radical (unpaired) electrons. The predicted octanol–water partition coefficient (Wildman–Crippen LogP) is 3.23. The second kappa shape index (κ2) is 6.50. The summed E-state index contributed by atoms with van der Waals surface area (Å²) in [7, 11) is 0. The molecule has 25 heavy (non-hydrogen) atoms. The van der Waals surface area contributed by atoms with Gasteiger partial charge in [-0.05, 0) is 51.0 Å². The topological polar surface area (TPSA) is 53.8 Å². The molecule has 1 aromatic rings. The molecule has 5 heteroatoms. The highest BCUT2D eigenvalue weighted by Gasteiger charge is 2.48. The van der Waals surface area contributed by atoms with Crippen molar-refractivity contribution in [1.82, 2.24) is 9.80 Å².